The Balaban J connectivity index is 1.64. The highest BCUT2D eigenvalue weighted by atomic mass is 19.1. The molecule has 0 spiro atoms. The van der Waals surface area contributed by atoms with Crippen molar-refractivity contribution in [2.24, 2.45) is 0 Å². The molecule has 0 amide bonds. The first-order chi connectivity index (χ1) is 16.4. The summed E-state index contributed by atoms with van der Waals surface area (Å²) in [6.07, 6.45) is 4.21. The highest BCUT2D eigenvalue weighted by Gasteiger charge is 2.20. The molecule has 3 aromatic rings. The van der Waals surface area contributed by atoms with Crippen molar-refractivity contribution in [1.82, 2.24) is 10.3 Å². The van der Waals surface area contributed by atoms with Gasteiger partial charge >= 0.3 is 5.97 Å². The first-order valence-electron chi connectivity index (χ1n) is 11.7. The molecule has 1 aromatic heterocycles. The van der Waals surface area contributed by atoms with Crippen molar-refractivity contribution in [3.8, 4) is 16.9 Å². The molecule has 4 rings (SSSR count). The second-order valence-electron chi connectivity index (χ2n) is 8.81. The molecule has 0 radical (unpaired) electrons. The van der Waals surface area contributed by atoms with Gasteiger partial charge in [-0.05, 0) is 91.6 Å². The number of halogens is 1. The van der Waals surface area contributed by atoms with Crippen LogP contribution in [0.4, 0.5) is 4.39 Å². The Morgan fingerprint density at radius 1 is 1.12 bits per heavy atom. The van der Waals surface area contributed by atoms with E-state index in [1.807, 2.05) is 26.0 Å². The van der Waals surface area contributed by atoms with Gasteiger partial charge in [0, 0.05) is 18.3 Å². The fourth-order valence-electron chi connectivity index (χ4n) is 4.55. The smallest absolute Gasteiger partial charge is 0.338 e. The van der Waals surface area contributed by atoms with E-state index >= 15 is 0 Å². The number of carbonyl (C=O) groups excluding carboxylic acids is 1. The van der Waals surface area contributed by atoms with E-state index < -0.39 is 0 Å². The SMILES string of the molecule is COC(=O)c1cc(-c2cc(CN[C@H](C)c3ccc(F)c(OC)c3)nc3c2CCCC3)ccc1C. The van der Waals surface area contributed by atoms with Gasteiger partial charge in [-0.2, -0.15) is 0 Å². The molecule has 0 saturated heterocycles. The molecule has 0 fully saturated rings. The number of nitrogens with zero attached hydrogens (tertiary/aromatic N) is 1. The molecule has 178 valence electrons. The van der Waals surface area contributed by atoms with Crippen LogP contribution in [0.25, 0.3) is 11.1 Å². The molecule has 1 atom stereocenters. The van der Waals surface area contributed by atoms with Gasteiger partial charge in [0.05, 0.1) is 25.5 Å². The minimum absolute atomic E-state index is 0.0129. The number of rotatable bonds is 7. The molecular formula is C28H31FN2O3. The summed E-state index contributed by atoms with van der Waals surface area (Å²) in [5.74, 6) is -0.460. The number of aryl methyl sites for hydroxylation is 2. The monoisotopic (exact) mass is 462 g/mol. The number of pyridine rings is 1. The van der Waals surface area contributed by atoms with Crippen molar-refractivity contribution in [3.05, 3.63) is 81.9 Å². The van der Waals surface area contributed by atoms with Crippen LogP contribution >= 0.6 is 0 Å². The lowest BCUT2D eigenvalue weighted by molar-refractivity contribution is 0.0600. The van der Waals surface area contributed by atoms with Crippen LogP contribution in [-0.4, -0.2) is 25.2 Å². The number of benzene rings is 2. The molecule has 2 aromatic carbocycles. The van der Waals surface area contributed by atoms with E-state index in [-0.39, 0.29) is 23.6 Å². The van der Waals surface area contributed by atoms with Crippen molar-refractivity contribution in [2.75, 3.05) is 14.2 Å². The number of hydrogen-bond donors (Lipinski definition) is 1. The standard InChI is InChI=1S/C28H31FN2O3/c1-17-9-10-20(13-23(17)28(32)34-4)24-15-21(31-26-8-6-5-7-22(24)26)16-30-18(2)19-11-12-25(29)27(14-19)33-3/h9-15,18,30H,5-8,16H2,1-4H3/t18-/m1/s1. The van der Waals surface area contributed by atoms with E-state index in [1.54, 1.807) is 12.1 Å². The topological polar surface area (TPSA) is 60.5 Å². The van der Waals surface area contributed by atoms with Gasteiger partial charge in [0.25, 0.3) is 0 Å². The van der Waals surface area contributed by atoms with E-state index in [1.165, 1.54) is 25.8 Å². The van der Waals surface area contributed by atoms with Crippen molar-refractivity contribution >= 4 is 5.97 Å². The van der Waals surface area contributed by atoms with Crippen LogP contribution in [-0.2, 0) is 24.1 Å². The zero-order chi connectivity index (χ0) is 24.2. The quantitative estimate of drug-likeness (QED) is 0.455. The Hall–Kier alpha value is -3.25. The maximum atomic E-state index is 13.8. The number of nitrogens with one attached hydrogen (secondary N) is 1. The van der Waals surface area contributed by atoms with Crippen LogP contribution in [0.15, 0.2) is 42.5 Å². The van der Waals surface area contributed by atoms with Gasteiger partial charge in [-0.1, -0.05) is 18.2 Å². The average molecular weight is 463 g/mol. The van der Waals surface area contributed by atoms with Gasteiger partial charge in [0.2, 0.25) is 0 Å². The Morgan fingerprint density at radius 3 is 2.68 bits per heavy atom. The third kappa shape index (κ3) is 4.97. The van der Waals surface area contributed by atoms with E-state index in [2.05, 4.69) is 17.4 Å². The summed E-state index contributed by atoms with van der Waals surface area (Å²) >= 11 is 0. The third-order valence-corrected chi connectivity index (χ3v) is 6.57. The summed E-state index contributed by atoms with van der Waals surface area (Å²) in [4.78, 5) is 17.2. The molecule has 0 saturated carbocycles. The molecule has 5 nitrogen and oxygen atoms in total. The van der Waals surface area contributed by atoms with Crippen LogP contribution in [0.5, 0.6) is 5.75 Å². The van der Waals surface area contributed by atoms with Gasteiger partial charge in [-0.15, -0.1) is 0 Å². The van der Waals surface area contributed by atoms with Crippen LogP contribution in [0.1, 0.15) is 64.2 Å². The van der Waals surface area contributed by atoms with E-state index in [0.29, 0.717) is 12.1 Å². The maximum Gasteiger partial charge on any atom is 0.338 e. The van der Waals surface area contributed by atoms with Crippen molar-refractivity contribution in [3.63, 3.8) is 0 Å². The highest BCUT2D eigenvalue weighted by molar-refractivity contribution is 5.92. The Kier molecular flexibility index (Phi) is 7.27. The Morgan fingerprint density at radius 2 is 1.91 bits per heavy atom. The molecule has 0 bridgehead atoms. The molecule has 0 unspecified atom stereocenters. The summed E-state index contributed by atoms with van der Waals surface area (Å²) < 4.78 is 23.9. The minimum Gasteiger partial charge on any atom is -0.494 e. The molecule has 6 heteroatoms. The van der Waals surface area contributed by atoms with E-state index in [0.717, 1.165) is 59.3 Å². The lowest BCUT2D eigenvalue weighted by Crippen LogP contribution is -2.20. The summed E-state index contributed by atoms with van der Waals surface area (Å²) in [7, 11) is 2.87. The first-order valence-corrected chi connectivity index (χ1v) is 11.7. The van der Waals surface area contributed by atoms with Gasteiger partial charge in [-0.25, -0.2) is 9.18 Å². The number of ether oxygens (including phenoxy) is 2. The minimum atomic E-state index is -0.371. The fourth-order valence-corrected chi connectivity index (χ4v) is 4.55. The predicted molar refractivity (Wildman–Crippen MR) is 131 cm³/mol. The molecular weight excluding hydrogens is 431 g/mol. The van der Waals surface area contributed by atoms with Gasteiger partial charge in [0.1, 0.15) is 0 Å². The lowest BCUT2D eigenvalue weighted by atomic mass is 9.88. The van der Waals surface area contributed by atoms with Gasteiger partial charge in [-0.3, -0.25) is 4.98 Å². The van der Waals surface area contributed by atoms with Gasteiger partial charge < -0.3 is 14.8 Å². The van der Waals surface area contributed by atoms with Crippen LogP contribution < -0.4 is 10.1 Å². The Labute approximate surface area is 200 Å². The number of hydrogen-bond acceptors (Lipinski definition) is 5. The van der Waals surface area contributed by atoms with Crippen LogP contribution in [0.2, 0.25) is 0 Å². The number of aromatic nitrogens is 1. The fraction of sp³-hybridized carbons (Fsp3) is 0.357. The van der Waals surface area contributed by atoms with E-state index in [9.17, 15) is 9.18 Å². The molecule has 34 heavy (non-hydrogen) atoms. The van der Waals surface area contributed by atoms with Crippen molar-refractivity contribution < 1.29 is 18.7 Å². The number of esters is 1. The molecule has 1 aliphatic rings. The lowest BCUT2D eigenvalue weighted by Gasteiger charge is -2.22. The highest BCUT2D eigenvalue weighted by Crippen LogP contribution is 2.33. The molecule has 1 N–H and O–H groups in total. The molecule has 1 aliphatic carbocycles. The van der Waals surface area contributed by atoms with Crippen molar-refractivity contribution in [1.29, 1.82) is 0 Å². The number of methoxy groups -OCH3 is 2. The largest absolute Gasteiger partial charge is 0.494 e. The molecule has 0 aliphatic heterocycles. The summed E-state index contributed by atoms with van der Waals surface area (Å²) in [5, 5.41) is 3.50. The maximum absolute atomic E-state index is 13.8. The van der Waals surface area contributed by atoms with Crippen LogP contribution in [0, 0.1) is 12.7 Å². The first kappa shape index (κ1) is 23.9. The summed E-state index contributed by atoms with van der Waals surface area (Å²) in [6.45, 7) is 4.52. The second kappa shape index (κ2) is 10.3. The van der Waals surface area contributed by atoms with E-state index in [4.69, 9.17) is 14.5 Å². The Bertz CT molecular complexity index is 1210. The molecule has 1 heterocycles. The second-order valence-corrected chi connectivity index (χ2v) is 8.81. The normalized spacial score (nSPS) is 13.8. The van der Waals surface area contributed by atoms with Crippen molar-refractivity contribution in [2.45, 2.75) is 52.1 Å². The van der Waals surface area contributed by atoms with Crippen LogP contribution in [0.3, 0.4) is 0 Å². The predicted octanol–water partition coefficient (Wildman–Crippen LogP) is 5.72. The number of fused-ring (bicyclic) bond motifs is 1. The summed E-state index contributed by atoms with van der Waals surface area (Å²) in [5.41, 5.74) is 7.90. The van der Waals surface area contributed by atoms with Gasteiger partial charge in [0.15, 0.2) is 11.6 Å². The third-order valence-electron chi connectivity index (χ3n) is 6.57. The zero-order valence-electron chi connectivity index (χ0n) is 20.2. The summed E-state index contributed by atoms with van der Waals surface area (Å²) in [6, 6.07) is 13.0. The zero-order valence-corrected chi connectivity index (χ0v) is 20.2. The average Bonchev–Trinajstić information content (AvgIpc) is 2.86. The number of carbonyl (C=O) groups is 1.